The van der Waals surface area contributed by atoms with Crippen molar-refractivity contribution < 1.29 is 23.0 Å². The van der Waals surface area contributed by atoms with Crippen molar-refractivity contribution in [2.45, 2.75) is 32.9 Å². The fourth-order valence-corrected chi connectivity index (χ4v) is 2.96. The Bertz CT molecular complexity index is 631. The van der Waals surface area contributed by atoms with Gasteiger partial charge in [0.1, 0.15) is 5.75 Å². The minimum absolute atomic E-state index is 0. The number of ether oxygens (including phenoxy) is 3. The Balaban J connectivity index is 0.00000225. The highest BCUT2D eigenvalue weighted by Gasteiger charge is 2.21. The zero-order chi connectivity index (χ0) is 17.1. The van der Waals surface area contributed by atoms with Gasteiger partial charge in [0.15, 0.2) is 17.5 Å². The number of guanidine groups is 1. The van der Waals surface area contributed by atoms with Crippen molar-refractivity contribution >= 4 is 29.9 Å². The van der Waals surface area contributed by atoms with Crippen LogP contribution in [0.25, 0.3) is 0 Å². The third-order valence-electron chi connectivity index (χ3n) is 4.16. The molecule has 1 aromatic carbocycles. The number of nitrogens with zero attached hydrogens (tertiary/aromatic N) is 2. The second-order valence-corrected chi connectivity index (χ2v) is 6.06. The summed E-state index contributed by atoms with van der Waals surface area (Å²) in [6.45, 7) is 1.16. The molecule has 2 aliphatic heterocycles. The van der Waals surface area contributed by atoms with Gasteiger partial charge in [-0.25, -0.2) is 4.99 Å². The molecule has 2 N–H and O–H groups in total. The van der Waals surface area contributed by atoms with Crippen molar-refractivity contribution in [2.24, 2.45) is 16.6 Å². The molecule has 0 saturated carbocycles. The molecule has 140 valence electrons. The third kappa shape index (κ3) is 4.99. The number of halogens is 3. The molecule has 25 heavy (non-hydrogen) atoms. The molecule has 0 amide bonds. The Morgan fingerprint density at radius 2 is 2.12 bits per heavy atom. The van der Waals surface area contributed by atoms with Crippen molar-refractivity contribution in [1.82, 2.24) is 4.90 Å². The first-order valence-corrected chi connectivity index (χ1v) is 7.95. The van der Waals surface area contributed by atoms with E-state index in [1.54, 1.807) is 6.07 Å². The smallest absolute Gasteiger partial charge is 0.387 e. The Morgan fingerprint density at radius 3 is 2.80 bits per heavy atom. The van der Waals surface area contributed by atoms with Gasteiger partial charge in [0.25, 0.3) is 0 Å². The van der Waals surface area contributed by atoms with Crippen LogP contribution in [0.5, 0.6) is 17.2 Å². The van der Waals surface area contributed by atoms with E-state index in [0.717, 1.165) is 19.5 Å². The molecule has 3 rings (SSSR count). The lowest BCUT2D eigenvalue weighted by Crippen LogP contribution is -2.43. The van der Waals surface area contributed by atoms with Crippen LogP contribution in [0.2, 0.25) is 0 Å². The number of likely N-dealkylation sites (tertiary alicyclic amines) is 1. The molecule has 0 aliphatic carbocycles. The summed E-state index contributed by atoms with van der Waals surface area (Å²) in [5, 5.41) is 0. The minimum atomic E-state index is -2.92. The van der Waals surface area contributed by atoms with Gasteiger partial charge in [-0.3, -0.25) is 0 Å². The topological polar surface area (TPSA) is 69.3 Å². The van der Waals surface area contributed by atoms with Gasteiger partial charge in [-0.15, -0.1) is 24.0 Å². The first kappa shape index (κ1) is 19.8. The molecule has 1 fully saturated rings. The van der Waals surface area contributed by atoms with E-state index in [4.69, 9.17) is 15.2 Å². The molecule has 0 spiro atoms. The molecule has 2 heterocycles. The lowest BCUT2D eigenvalue weighted by atomic mass is 10.0. The quantitative estimate of drug-likeness (QED) is 0.417. The van der Waals surface area contributed by atoms with Gasteiger partial charge in [0, 0.05) is 24.7 Å². The number of hydrogen-bond donors (Lipinski definition) is 1. The van der Waals surface area contributed by atoms with E-state index in [2.05, 4.69) is 16.7 Å². The van der Waals surface area contributed by atoms with Crippen molar-refractivity contribution in [1.29, 1.82) is 0 Å². The maximum atomic E-state index is 12.6. The average molecular weight is 469 g/mol. The summed E-state index contributed by atoms with van der Waals surface area (Å²) in [7, 11) is 0. The Labute approximate surface area is 162 Å². The van der Waals surface area contributed by atoms with Crippen molar-refractivity contribution in [3.05, 3.63) is 17.7 Å². The van der Waals surface area contributed by atoms with E-state index < -0.39 is 6.61 Å². The van der Waals surface area contributed by atoms with Crippen LogP contribution < -0.4 is 19.9 Å². The van der Waals surface area contributed by atoms with E-state index in [9.17, 15) is 8.78 Å². The molecule has 0 radical (unpaired) electrons. The second-order valence-electron chi connectivity index (χ2n) is 6.06. The fraction of sp³-hybridized carbons (Fsp3) is 0.562. The zero-order valence-corrected chi connectivity index (χ0v) is 16.2. The van der Waals surface area contributed by atoms with Gasteiger partial charge in [0.2, 0.25) is 6.79 Å². The van der Waals surface area contributed by atoms with Crippen LogP contribution in [0.4, 0.5) is 8.78 Å². The summed E-state index contributed by atoms with van der Waals surface area (Å²) in [6, 6.07) is 3.01. The zero-order valence-electron chi connectivity index (χ0n) is 13.9. The number of hydrogen-bond acceptors (Lipinski definition) is 4. The molecular weight excluding hydrogens is 447 g/mol. The number of fused-ring (bicyclic) bond motifs is 1. The van der Waals surface area contributed by atoms with E-state index in [0.29, 0.717) is 28.9 Å². The summed E-state index contributed by atoms with van der Waals surface area (Å²) in [5.74, 6) is 1.89. The summed E-state index contributed by atoms with van der Waals surface area (Å²) in [6.07, 6.45) is 2.25. The largest absolute Gasteiger partial charge is 0.454 e. The van der Waals surface area contributed by atoms with Gasteiger partial charge in [-0.05, 0) is 24.8 Å². The van der Waals surface area contributed by atoms with Gasteiger partial charge in [0.05, 0.1) is 6.54 Å². The Morgan fingerprint density at radius 1 is 1.40 bits per heavy atom. The lowest BCUT2D eigenvalue weighted by molar-refractivity contribution is -0.0505. The molecule has 1 aromatic rings. The van der Waals surface area contributed by atoms with E-state index in [-0.39, 0.29) is 43.1 Å². The van der Waals surface area contributed by atoms with Crippen LogP contribution in [-0.4, -0.2) is 37.4 Å². The normalized spacial score (nSPS) is 19.8. The molecule has 1 unspecified atom stereocenters. The van der Waals surface area contributed by atoms with Crippen LogP contribution in [0, 0.1) is 5.92 Å². The highest BCUT2D eigenvalue weighted by Crippen LogP contribution is 2.39. The monoisotopic (exact) mass is 469 g/mol. The average Bonchev–Trinajstić information content (AvgIpc) is 2.99. The maximum Gasteiger partial charge on any atom is 0.387 e. The number of alkyl halides is 2. The van der Waals surface area contributed by atoms with E-state index >= 15 is 0 Å². The summed E-state index contributed by atoms with van der Waals surface area (Å²) in [4.78, 5) is 6.37. The summed E-state index contributed by atoms with van der Waals surface area (Å²) < 4.78 is 40.3. The SMILES string of the molecule is CC1CCCN(C(N)=NCc2cc3c(cc2OC(F)F)OCO3)C1.I. The van der Waals surface area contributed by atoms with Gasteiger partial charge < -0.3 is 24.8 Å². The molecular formula is C16H22F2IN3O3. The van der Waals surface area contributed by atoms with Crippen LogP contribution in [0.15, 0.2) is 17.1 Å². The Hall–Kier alpha value is -1.52. The van der Waals surface area contributed by atoms with Gasteiger partial charge in [-0.1, -0.05) is 6.92 Å². The lowest BCUT2D eigenvalue weighted by Gasteiger charge is -2.31. The van der Waals surface area contributed by atoms with Crippen LogP contribution in [0.1, 0.15) is 25.3 Å². The van der Waals surface area contributed by atoms with Crippen molar-refractivity contribution in [3.8, 4) is 17.2 Å². The predicted molar refractivity (Wildman–Crippen MR) is 99.9 cm³/mol. The number of benzene rings is 1. The van der Waals surface area contributed by atoms with Crippen molar-refractivity contribution in [2.75, 3.05) is 19.9 Å². The van der Waals surface area contributed by atoms with Crippen LogP contribution in [-0.2, 0) is 6.54 Å². The number of aliphatic imine (C=N–C) groups is 1. The van der Waals surface area contributed by atoms with E-state index in [1.807, 2.05) is 4.90 Å². The molecule has 0 aromatic heterocycles. The van der Waals surface area contributed by atoms with E-state index in [1.165, 1.54) is 12.5 Å². The predicted octanol–water partition coefficient (Wildman–Crippen LogP) is 3.18. The maximum absolute atomic E-state index is 12.6. The number of rotatable bonds is 4. The van der Waals surface area contributed by atoms with Crippen molar-refractivity contribution in [3.63, 3.8) is 0 Å². The first-order chi connectivity index (χ1) is 11.5. The summed E-state index contributed by atoms with van der Waals surface area (Å²) >= 11 is 0. The number of piperidine rings is 1. The van der Waals surface area contributed by atoms with Gasteiger partial charge >= 0.3 is 6.61 Å². The number of nitrogens with two attached hydrogens (primary N) is 1. The minimum Gasteiger partial charge on any atom is -0.454 e. The second kappa shape index (κ2) is 8.72. The molecule has 0 bridgehead atoms. The molecule has 1 atom stereocenters. The van der Waals surface area contributed by atoms with Crippen LogP contribution >= 0.6 is 24.0 Å². The van der Waals surface area contributed by atoms with Crippen LogP contribution in [0.3, 0.4) is 0 Å². The fourth-order valence-electron chi connectivity index (χ4n) is 2.96. The Kier molecular flexibility index (Phi) is 6.91. The highest BCUT2D eigenvalue weighted by atomic mass is 127. The summed E-state index contributed by atoms with van der Waals surface area (Å²) in [5.41, 5.74) is 6.53. The molecule has 6 nitrogen and oxygen atoms in total. The third-order valence-corrected chi connectivity index (χ3v) is 4.16. The molecule has 1 saturated heterocycles. The molecule has 2 aliphatic rings. The molecule has 9 heteroatoms. The standard InChI is InChI=1S/C16H21F2N3O3.HI/c1-10-3-2-4-21(8-10)16(19)20-7-11-5-13-14(23-9-22-13)6-12(11)24-15(17)18;/h5-6,10,15H,2-4,7-9H2,1H3,(H2,19,20);1H. The first-order valence-electron chi connectivity index (χ1n) is 7.95. The van der Waals surface area contributed by atoms with Gasteiger partial charge in [-0.2, -0.15) is 8.78 Å². The highest BCUT2D eigenvalue weighted by molar-refractivity contribution is 14.0.